The second-order valence-electron chi connectivity index (χ2n) is 9.19. The van der Waals surface area contributed by atoms with E-state index in [9.17, 15) is 14.7 Å². The van der Waals surface area contributed by atoms with E-state index in [0.29, 0.717) is 48.2 Å². The monoisotopic (exact) mass is 429 g/mol. The minimum absolute atomic E-state index is 0.0519. The highest BCUT2D eigenvalue weighted by molar-refractivity contribution is 6.33. The van der Waals surface area contributed by atoms with Crippen LogP contribution in [0.5, 0.6) is 5.75 Å². The van der Waals surface area contributed by atoms with Crippen LogP contribution >= 0.6 is 11.6 Å². The second kappa shape index (κ2) is 6.74. The Hall–Kier alpha value is -2.54. The van der Waals surface area contributed by atoms with Gasteiger partial charge in [0.25, 0.3) is 5.56 Å². The van der Waals surface area contributed by atoms with E-state index >= 15 is 0 Å². The lowest BCUT2D eigenvalue weighted by Crippen LogP contribution is -2.61. The van der Waals surface area contributed by atoms with Crippen LogP contribution in [0.1, 0.15) is 38.5 Å². The molecule has 30 heavy (non-hydrogen) atoms. The molecule has 158 valence electrons. The molecule has 2 N–H and O–H groups in total. The van der Waals surface area contributed by atoms with Gasteiger partial charge in [-0.3, -0.25) is 9.59 Å². The van der Waals surface area contributed by atoms with Gasteiger partial charge in [-0.1, -0.05) is 23.7 Å². The molecule has 7 nitrogen and oxygen atoms in total. The number of nitrogens with one attached hydrogen (secondary N) is 1. The molecule has 1 aromatic heterocycles. The van der Waals surface area contributed by atoms with Crippen LogP contribution in [0.25, 0.3) is 0 Å². The van der Waals surface area contributed by atoms with Crippen LogP contribution in [0.4, 0.5) is 11.4 Å². The number of methoxy groups -OCH3 is 1. The number of aliphatic carboxylic acids is 1. The van der Waals surface area contributed by atoms with Gasteiger partial charge in [-0.05, 0) is 62.5 Å². The molecule has 4 saturated carbocycles. The molecule has 2 aromatic rings. The lowest BCUT2D eigenvalue weighted by Gasteiger charge is -2.60. The average molecular weight is 430 g/mol. The van der Waals surface area contributed by atoms with Gasteiger partial charge in [0.15, 0.2) is 0 Å². The van der Waals surface area contributed by atoms with Crippen molar-refractivity contribution in [1.82, 2.24) is 9.78 Å². The first-order valence-corrected chi connectivity index (χ1v) is 10.7. The third-order valence-electron chi connectivity index (χ3n) is 7.23. The summed E-state index contributed by atoms with van der Waals surface area (Å²) < 4.78 is 6.83. The molecule has 4 fully saturated rings. The number of halogens is 1. The summed E-state index contributed by atoms with van der Waals surface area (Å²) in [6.07, 6.45) is 6.05. The molecule has 4 aliphatic rings. The topological polar surface area (TPSA) is 93.4 Å². The lowest BCUT2D eigenvalue weighted by atomic mass is 9.47. The van der Waals surface area contributed by atoms with Gasteiger partial charge in [0.2, 0.25) is 0 Å². The number of hydrogen-bond acceptors (Lipinski definition) is 5. The van der Waals surface area contributed by atoms with Crippen molar-refractivity contribution in [2.75, 3.05) is 12.4 Å². The molecule has 2 atom stereocenters. The van der Waals surface area contributed by atoms with E-state index < -0.39 is 16.9 Å². The molecule has 8 heteroatoms. The summed E-state index contributed by atoms with van der Waals surface area (Å²) in [6, 6.07) is 7.35. The van der Waals surface area contributed by atoms with Crippen molar-refractivity contribution < 1.29 is 14.6 Å². The summed E-state index contributed by atoms with van der Waals surface area (Å²) >= 11 is 6.49. The molecular weight excluding hydrogens is 406 g/mol. The number of hydrogen-bond donors (Lipinski definition) is 2. The summed E-state index contributed by atoms with van der Waals surface area (Å²) in [7, 11) is 1.57. The molecule has 6 rings (SSSR count). The molecule has 0 amide bonds. The Morgan fingerprint density at radius 1 is 1.23 bits per heavy atom. The first kappa shape index (κ1) is 19.4. The van der Waals surface area contributed by atoms with E-state index in [1.165, 1.54) is 4.68 Å². The lowest BCUT2D eigenvalue weighted by molar-refractivity contribution is -0.173. The summed E-state index contributed by atoms with van der Waals surface area (Å²) in [5.41, 5.74) is -0.599. The van der Waals surface area contributed by atoms with Crippen molar-refractivity contribution >= 4 is 28.9 Å². The van der Waals surface area contributed by atoms with Gasteiger partial charge in [-0.25, -0.2) is 4.68 Å². The molecule has 1 heterocycles. The number of carboxylic acid groups (broad SMARTS) is 1. The fraction of sp³-hybridized carbons (Fsp3) is 0.500. The van der Waals surface area contributed by atoms with E-state index in [2.05, 4.69) is 10.4 Å². The van der Waals surface area contributed by atoms with Crippen LogP contribution in [-0.2, 0) is 10.3 Å². The Labute approximate surface area is 179 Å². The Morgan fingerprint density at radius 3 is 2.60 bits per heavy atom. The quantitative estimate of drug-likeness (QED) is 0.745. The first-order chi connectivity index (χ1) is 14.4. The highest BCUT2D eigenvalue weighted by Gasteiger charge is 2.62. The average Bonchev–Trinajstić information content (AvgIpc) is 2.70. The van der Waals surface area contributed by atoms with Gasteiger partial charge < -0.3 is 15.2 Å². The van der Waals surface area contributed by atoms with Crippen LogP contribution in [0, 0.1) is 17.3 Å². The molecular formula is C22H24ClN3O4. The van der Waals surface area contributed by atoms with Crippen LogP contribution in [-0.4, -0.2) is 28.0 Å². The largest absolute Gasteiger partial charge is 0.495 e. The number of rotatable bonds is 5. The van der Waals surface area contributed by atoms with Crippen LogP contribution < -0.4 is 15.6 Å². The molecule has 0 unspecified atom stereocenters. The molecule has 0 saturated heterocycles. The van der Waals surface area contributed by atoms with E-state index in [-0.39, 0.29) is 10.6 Å². The highest BCUT2D eigenvalue weighted by Crippen LogP contribution is 2.63. The molecule has 0 aliphatic heterocycles. The smallest absolute Gasteiger partial charge is 0.309 e. The number of para-hydroxylation sites is 2. The van der Waals surface area contributed by atoms with Crippen molar-refractivity contribution in [3.63, 3.8) is 0 Å². The number of anilines is 2. The Kier molecular flexibility index (Phi) is 4.36. The van der Waals surface area contributed by atoms with E-state index in [0.717, 1.165) is 19.3 Å². The van der Waals surface area contributed by atoms with Gasteiger partial charge in [0.05, 0.1) is 35.6 Å². The summed E-state index contributed by atoms with van der Waals surface area (Å²) in [4.78, 5) is 25.4. The molecule has 1 aromatic carbocycles. The zero-order valence-corrected chi connectivity index (χ0v) is 17.5. The second-order valence-corrected chi connectivity index (χ2v) is 9.56. The summed E-state index contributed by atoms with van der Waals surface area (Å²) in [6.45, 7) is 0. The minimum Gasteiger partial charge on any atom is -0.495 e. The predicted octanol–water partition coefficient (Wildman–Crippen LogP) is 4.03. The van der Waals surface area contributed by atoms with Crippen molar-refractivity contribution in [3.8, 4) is 5.75 Å². The molecule has 0 radical (unpaired) electrons. The number of carbonyl (C=O) groups is 1. The van der Waals surface area contributed by atoms with Gasteiger partial charge in [0, 0.05) is 0 Å². The Morgan fingerprint density at radius 2 is 1.93 bits per heavy atom. The number of nitrogens with zero attached hydrogens (tertiary/aromatic N) is 2. The number of benzene rings is 1. The summed E-state index contributed by atoms with van der Waals surface area (Å²) in [5, 5.41) is 17.6. The van der Waals surface area contributed by atoms with Gasteiger partial charge in [0.1, 0.15) is 10.8 Å². The third-order valence-corrected chi connectivity index (χ3v) is 7.59. The summed E-state index contributed by atoms with van der Waals surface area (Å²) in [5.74, 6) is 0.527. The number of carboxylic acids is 1. The van der Waals surface area contributed by atoms with Crippen molar-refractivity contribution in [2.24, 2.45) is 17.3 Å². The zero-order chi connectivity index (χ0) is 21.1. The minimum atomic E-state index is -0.744. The predicted molar refractivity (Wildman–Crippen MR) is 113 cm³/mol. The van der Waals surface area contributed by atoms with E-state index in [1.807, 2.05) is 24.3 Å². The van der Waals surface area contributed by atoms with E-state index in [1.54, 1.807) is 13.3 Å². The fourth-order valence-electron chi connectivity index (χ4n) is 6.46. The fourth-order valence-corrected chi connectivity index (χ4v) is 6.64. The molecule has 4 aliphatic carbocycles. The van der Waals surface area contributed by atoms with E-state index in [4.69, 9.17) is 16.3 Å². The Balaban J connectivity index is 1.53. The highest BCUT2D eigenvalue weighted by atomic mass is 35.5. The standard InChI is InChI=1S/C22H24ClN3O4/c1-30-17-5-3-2-4-15(17)25-16-11-24-26(19(27)18(16)23)22-9-13-6-14(10-22)8-21(7-13,12-22)20(28)29/h2-5,11,13-14,25H,6-10,12H2,1H3,(H,28,29)/t13-,14-,21?,22?/m0/s1. The molecule has 4 bridgehead atoms. The van der Waals surface area contributed by atoms with Crippen LogP contribution in [0.3, 0.4) is 0 Å². The van der Waals surface area contributed by atoms with Crippen LogP contribution in [0.15, 0.2) is 35.3 Å². The molecule has 0 spiro atoms. The van der Waals surface area contributed by atoms with Gasteiger partial charge in [-0.2, -0.15) is 5.10 Å². The maximum atomic E-state index is 13.3. The normalized spacial score (nSPS) is 31.5. The van der Waals surface area contributed by atoms with Gasteiger partial charge >= 0.3 is 5.97 Å². The first-order valence-electron chi connectivity index (χ1n) is 10.3. The zero-order valence-electron chi connectivity index (χ0n) is 16.7. The van der Waals surface area contributed by atoms with Crippen LogP contribution in [0.2, 0.25) is 5.02 Å². The maximum absolute atomic E-state index is 13.3. The van der Waals surface area contributed by atoms with Gasteiger partial charge in [-0.15, -0.1) is 0 Å². The van der Waals surface area contributed by atoms with Crippen molar-refractivity contribution in [1.29, 1.82) is 0 Å². The Bertz CT molecular complexity index is 1070. The van der Waals surface area contributed by atoms with Crippen molar-refractivity contribution in [3.05, 3.63) is 45.8 Å². The number of aromatic nitrogens is 2. The SMILES string of the molecule is COc1ccccc1Nc1cnn(C23C[C@H]4C[C@@H](CC(C(=O)O)(C4)C2)C3)c(=O)c1Cl. The number of ether oxygens (including phenoxy) is 1. The van der Waals surface area contributed by atoms with Crippen molar-refractivity contribution in [2.45, 2.75) is 44.1 Å². The maximum Gasteiger partial charge on any atom is 0.309 e. The third kappa shape index (κ3) is 2.82.